The molecule has 1 saturated heterocycles. The largest absolute Gasteiger partial charge is 0.492 e. The van der Waals surface area contributed by atoms with E-state index in [1.807, 2.05) is 24.3 Å². The number of carbonyl (C=O) groups excluding carboxylic acids is 1. The molecule has 2 aliphatic rings. The average molecular weight is 462 g/mol. The van der Waals surface area contributed by atoms with Gasteiger partial charge in [-0.25, -0.2) is 0 Å². The molecule has 6 nitrogen and oxygen atoms in total. The summed E-state index contributed by atoms with van der Waals surface area (Å²) in [5.41, 5.74) is 7.07. The molecule has 1 heterocycles. The molecule has 1 aromatic rings. The van der Waals surface area contributed by atoms with Gasteiger partial charge in [-0.3, -0.25) is 9.69 Å². The standard InChI is InChI=1S/C22H35N3O3.2ClH/c23-18-22(7-2-1-3-8-22)16-21(26)24-17-19-5-4-6-20(15-19)28-14-11-25-9-12-27-13-10-25;;/h4-6,15H,1-3,7-14,16-18,23H2,(H,24,26);2*1H. The van der Waals surface area contributed by atoms with Gasteiger partial charge in [-0.1, -0.05) is 31.4 Å². The Morgan fingerprint density at radius 3 is 2.60 bits per heavy atom. The summed E-state index contributed by atoms with van der Waals surface area (Å²) in [5.74, 6) is 0.955. The van der Waals surface area contributed by atoms with Crippen molar-refractivity contribution in [2.45, 2.75) is 45.1 Å². The van der Waals surface area contributed by atoms with E-state index in [-0.39, 0.29) is 36.1 Å². The van der Waals surface area contributed by atoms with Gasteiger partial charge in [0.1, 0.15) is 12.4 Å². The molecule has 1 amide bonds. The van der Waals surface area contributed by atoms with Gasteiger partial charge < -0.3 is 20.5 Å². The van der Waals surface area contributed by atoms with Gasteiger partial charge >= 0.3 is 0 Å². The van der Waals surface area contributed by atoms with E-state index in [1.54, 1.807) is 0 Å². The normalized spacial score (nSPS) is 18.6. The van der Waals surface area contributed by atoms with Gasteiger partial charge in [-0.2, -0.15) is 0 Å². The molecule has 0 radical (unpaired) electrons. The summed E-state index contributed by atoms with van der Waals surface area (Å²) in [7, 11) is 0. The lowest BCUT2D eigenvalue weighted by Crippen LogP contribution is -2.38. The number of nitrogens with one attached hydrogen (secondary N) is 1. The summed E-state index contributed by atoms with van der Waals surface area (Å²) < 4.78 is 11.3. The third-order valence-electron chi connectivity index (χ3n) is 6.05. The Kier molecular flexibility index (Phi) is 12.7. The molecule has 1 aliphatic carbocycles. The van der Waals surface area contributed by atoms with Crippen molar-refractivity contribution in [3.05, 3.63) is 29.8 Å². The van der Waals surface area contributed by atoms with Crippen LogP contribution in [-0.2, 0) is 16.1 Å². The highest BCUT2D eigenvalue weighted by molar-refractivity contribution is 5.85. The molecule has 172 valence electrons. The molecule has 1 saturated carbocycles. The Morgan fingerprint density at radius 1 is 1.17 bits per heavy atom. The van der Waals surface area contributed by atoms with E-state index in [1.165, 1.54) is 19.3 Å². The molecular weight excluding hydrogens is 425 g/mol. The first kappa shape index (κ1) is 27.0. The maximum Gasteiger partial charge on any atom is 0.220 e. The van der Waals surface area contributed by atoms with E-state index in [4.69, 9.17) is 15.2 Å². The fourth-order valence-electron chi connectivity index (χ4n) is 4.22. The molecule has 0 aromatic heterocycles. The molecule has 0 bridgehead atoms. The van der Waals surface area contributed by atoms with Crippen LogP contribution in [0, 0.1) is 5.41 Å². The Morgan fingerprint density at radius 2 is 1.90 bits per heavy atom. The number of hydrogen-bond acceptors (Lipinski definition) is 5. The number of rotatable bonds is 9. The van der Waals surface area contributed by atoms with Gasteiger partial charge in [0.15, 0.2) is 0 Å². The molecule has 8 heteroatoms. The summed E-state index contributed by atoms with van der Waals surface area (Å²) in [6, 6.07) is 7.98. The molecule has 2 fully saturated rings. The van der Waals surface area contributed by atoms with E-state index in [9.17, 15) is 4.79 Å². The second kappa shape index (κ2) is 14.1. The van der Waals surface area contributed by atoms with Gasteiger partial charge in [-0.15, -0.1) is 24.8 Å². The number of amides is 1. The van der Waals surface area contributed by atoms with Crippen molar-refractivity contribution in [2.24, 2.45) is 11.1 Å². The number of morpholine rings is 1. The molecule has 1 aromatic carbocycles. The van der Waals surface area contributed by atoms with Gasteiger partial charge in [0, 0.05) is 32.6 Å². The minimum atomic E-state index is 0. The summed E-state index contributed by atoms with van der Waals surface area (Å²) >= 11 is 0. The van der Waals surface area contributed by atoms with Crippen LogP contribution in [0.25, 0.3) is 0 Å². The first-order chi connectivity index (χ1) is 13.7. The molecule has 30 heavy (non-hydrogen) atoms. The van der Waals surface area contributed by atoms with Gasteiger partial charge in [0.25, 0.3) is 0 Å². The highest BCUT2D eigenvalue weighted by Crippen LogP contribution is 2.38. The van der Waals surface area contributed by atoms with Crippen LogP contribution in [0.3, 0.4) is 0 Å². The van der Waals surface area contributed by atoms with Crippen molar-refractivity contribution in [1.82, 2.24) is 10.2 Å². The van der Waals surface area contributed by atoms with E-state index >= 15 is 0 Å². The summed E-state index contributed by atoms with van der Waals surface area (Å²) in [4.78, 5) is 14.8. The number of carbonyl (C=O) groups is 1. The number of ether oxygens (including phenoxy) is 2. The molecule has 1 aliphatic heterocycles. The number of hydrogen-bond donors (Lipinski definition) is 2. The lowest BCUT2D eigenvalue weighted by molar-refractivity contribution is -0.124. The van der Waals surface area contributed by atoms with Crippen molar-refractivity contribution in [3.63, 3.8) is 0 Å². The van der Waals surface area contributed by atoms with Crippen LogP contribution in [0.15, 0.2) is 24.3 Å². The second-order valence-corrected chi connectivity index (χ2v) is 8.17. The van der Waals surface area contributed by atoms with Crippen molar-refractivity contribution >= 4 is 30.7 Å². The molecule has 0 atom stereocenters. The quantitative estimate of drug-likeness (QED) is 0.590. The van der Waals surface area contributed by atoms with E-state index in [2.05, 4.69) is 10.2 Å². The van der Waals surface area contributed by atoms with Crippen LogP contribution in [0.4, 0.5) is 0 Å². The minimum absolute atomic E-state index is 0. The average Bonchev–Trinajstić information content (AvgIpc) is 2.74. The summed E-state index contributed by atoms with van der Waals surface area (Å²) in [6.45, 7) is 6.26. The van der Waals surface area contributed by atoms with Crippen LogP contribution in [0.2, 0.25) is 0 Å². The third-order valence-corrected chi connectivity index (χ3v) is 6.05. The van der Waals surface area contributed by atoms with Crippen molar-refractivity contribution < 1.29 is 14.3 Å². The van der Waals surface area contributed by atoms with Crippen LogP contribution in [-0.4, -0.2) is 56.8 Å². The lowest BCUT2D eigenvalue weighted by Gasteiger charge is -2.35. The van der Waals surface area contributed by atoms with Crippen molar-refractivity contribution in [1.29, 1.82) is 0 Å². The number of halogens is 2. The predicted octanol–water partition coefficient (Wildman–Crippen LogP) is 3.16. The Balaban J connectivity index is 0.00000225. The van der Waals surface area contributed by atoms with Crippen LogP contribution in [0.5, 0.6) is 5.75 Å². The van der Waals surface area contributed by atoms with Gasteiger partial charge in [0.05, 0.1) is 13.2 Å². The maximum absolute atomic E-state index is 12.5. The zero-order valence-electron chi connectivity index (χ0n) is 17.8. The Labute approximate surface area is 193 Å². The fraction of sp³-hybridized carbons (Fsp3) is 0.682. The SMILES string of the molecule is Cl.Cl.NCC1(CC(=O)NCc2cccc(OCCN3CCOCC3)c2)CCCCC1. The predicted molar refractivity (Wildman–Crippen MR) is 125 cm³/mol. The van der Waals surface area contributed by atoms with E-state index in [0.29, 0.717) is 26.1 Å². The first-order valence-electron chi connectivity index (χ1n) is 10.7. The van der Waals surface area contributed by atoms with Crippen LogP contribution >= 0.6 is 24.8 Å². The van der Waals surface area contributed by atoms with Crippen molar-refractivity contribution in [2.75, 3.05) is 46.0 Å². The Bertz CT molecular complexity index is 621. The highest BCUT2D eigenvalue weighted by atomic mass is 35.5. The van der Waals surface area contributed by atoms with Crippen molar-refractivity contribution in [3.8, 4) is 5.75 Å². The topological polar surface area (TPSA) is 76.8 Å². The minimum Gasteiger partial charge on any atom is -0.492 e. The van der Waals surface area contributed by atoms with Gasteiger partial charge in [-0.05, 0) is 42.5 Å². The third kappa shape index (κ3) is 8.60. The Hall–Kier alpha value is -1.05. The number of nitrogens with two attached hydrogens (primary N) is 1. The molecule has 3 N–H and O–H groups in total. The highest BCUT2D eigenvalue weighted by Gasteiger charge is 2.32. The van der Waals surface area contributed by atoms with E-state index in [0.717, 1.165) is 57.0 Å². The zero-order chi connectivity index (χ0) is 19.7. The number of nitrogens with zero attached hydrogens (tertiary/aromatic N) is 1. The summed E-state index contributed by atoms with van der Waals surface area (Å²) in [6.07, 6.45) is 6.33. The van der Waals surface area contributed by atoms with E-state index < -0.39 is 0 Å². The molecule has 0 spiro atoms. The first-order valence-corrected chi connectivity index (χ1v) is 10.7. The molecular formula is C22H37Cl2N3O3. The monoisotopic (exact) mass is 461 g/mol. The maximum atomic E-state index is 12.5. The van der Waals surface area contributed by atoms with Gasteiger partial charge in [0.2, 0.25) is 5.91 Å². The zero-order valence-corrected chi connectivity index (χ0v) is 19.4. The number of benzene rings is 1. The molecule has 0 unspecified atom stereocenters. The fourth-order valence-corrected chi connectivity index (χ4v) is 4.22. The van der Waals surface area contributed by atoms with Crippen LogP contribution < -0.4 is 15.8 Å². The lowest BCUT2D eigenvalue weighted by atomic mass is 9.71. The molecule has 3 rings (SSSR count). The van der Waals surface area contributed by atoms with Crippen LogP contribution in [0.1, 0.15) is 44.1 Å². The second-order valence-electron chi connectivity index (χ2n) is 8.17. The summed E-state index contributed by atoms with van der Waals surface area (Å²) in [5, 5.41) is 3.07. The smallest absolute Gasteiger partial charge is 0.220 e.